The maximum Gasteiger partial charge on any atom is 0.102 e. The van der Waals surface area contributed by atoms with Crippen LogP contribution in [0.5, 0.6) is 0 Å². The van der Waals surface area contributed by atoms with E-state index in [1.54, 1.807) is 4.68 Å². The van der Waals surface area contributed by atoms with Gasteiger partial charge in [-0.2, -0.15) is 0 Å². The van der Waals surface area contributed by atoms with E-state index in [0.717, 1.165) is 25.2 Å². The molecule has 0 fully saturated rings. The fourth-order valence-corrected chi connectivity index (χ4v) is 2.43. The van der Waals surface area contributed by atoms with Crippen molar-refractivity contribution >= 4 is 0 Å². The van der Waals surface area contributed by atoms with Crippen molar-refractivity contribution in [3.8, 4) is 0 Å². The molecule has 0 aliphatic rings. The van der Waals surface area contributed by atoms with E-state index in [1.807, 2.05) is 13.2 Å². The molecule has 0 radical (unpaired) electrons. The van der Waals surface area contributed by atoms with Gasteiger partial charge in [-0.15, -0.1) is 5.10 Å². The van der Waals surface area contributed by atoms with E-state index in [-0.39, 0.29) is 0 Å². The number of nitrogens with zero attached hydrogens (tertiary/aromatic N) is 4. The average molecular weight is 275 g/mol. The van der Waals surface area contributed by atoms with Gasteiger partial charge in [0.15, 0.2) is 0 Å². The highest BCUT2D eigenvalue weighted by Crippen LogP contribution is 2.22. The molecule has 5 nitrogen and oxygen atoms in total. The quantitative estimate of drug-likeness (QED) is 0.844. The lowest BCUT2D eigenvalue weighted by atomic mass is 9.98. The SMILES string of the molecule is CCCNC(c1ccn(Cc2cn(C)nn2)c1)C(C)C. The zero-order chi connectivity index (χ0) is 14.5. The number of aryl methyl sites for hydroxylation is 1. The number of nitrogens with one attached hydrogen (secondary N) is 1. The van der Waals surface area contributed by atoms with E-state index in [2.05, 4.69) is 59.4 Å². The molecule has 1 unspecified atom stereocenters. The van der Waals surface area contributed by atoms with E-state index in [9.17, 15) is 0 Å². The van der Waals surface area contributed by atoms with Crippen LogP contribution in [0.2, 0.25) is 0 Å². The van der Waals surface area contributed by atoms with Crippen LogP contribution in [0.4, 0.5) is 0 Å². The Bertz CT molecular complexity index is 526. The van der Waals surface area contributed by atoms with E-state index < -0.39 is 0 Å². The molecule has 0 saturated carbocycles. The first-order valence-electron chi connectivity index (χ1n) is 7.34. The van der Waals surface area contributed by atoms with Crippen molar-refractivity contribution in [2.24, 2.45) is 13.0 Å². The van der Waals surface area contributed by atoms with Crippen LogP contribution in [0.25, 0.3) is 0 Å². The molecule has 0 spiro atoms. The molecule has 0 aliphatic carbocycles. The smallest absolute Gasteiger partial charge is 0.102 e. The minimum absolute atomic E-state index is 0.415. The number of aromatic nitrogens is 4. The third-order valence-electron chi connectivity index (χ3n) is 3.41. The lowest BCUT2D eigenvalue weighted by Crippen LogP contribution is -2.26. The Balaban J connectivity index is 2.06. The van der Waals surface area contributed by atoms with Crippen molar-refractivity contribution in [1.82, 2.24) is 24.9 Å². The van der Waals surface area contributed by atoms with Crippen LogP contribution in [0.15, 0.2) is 24.7 Å². The summed E-state index contributed by atoms with van der Waals surface area (Å²) in [6.45, 7) is 8.54. The molecule has 110 valence electrons. The maximum atomic E-state index is 4.13. The second-order valence-electron chi connectivity index (χ2n) is 5.68. The first kappa shape index (κ1) is 14.8. The van der Waals surface area contributed by atoms with E-state index >= 15 is 0 Å². The molecule has 0 aliphatic heterocycles. The highest BCUT2D eigenvalue weighted by molar-refractivity contribution is 5.17. The summed E-state index contributed by atoms with van der Waals surface area (Å²) in [4.78, 5) is 0. The first-order valence-corrected chi connectivity index (χ1v) is 7.34. The highest BCUT2D eigenvalue weighted by Gasteiger charge is 2.16. The van der Waals surface area contributed by atoms with Crippen molar-refractivity contribution in [3.05, 3.63) is 35.9 Å². The monoisotopic (exact) mass is 275 g/mol. The van der Waals surface area contributed by atoms with E-state index in [4.69, 9.17) is 0 Å². The van der Waals surface area contributed by atoms with Crippen LogP contribution in [0, 0.1) is 5.92 Å². The predicted molar refractivity (Wildman–Crippen MR) is 80.4 cm³/mol. The summed E-state index contributed by atoms with van der Waals surface area (Å²) in [7, 11) is 1.89. The maximum absolute atomic E-state index is 4.13. The van der Waals surface area contributed by atoms with Gasteiger partial charge in [-0.05, 0) is 30.5 Å². The minimum atomic E-state index is 0.415. The van der Waals surface area contributed by atoms with Crippen LogP contribution in [-0.4, -0.2) is 26.1 Å². The summed E-state index contributed by atoms with van der Waals surface area (Å²) >= 11 is 0. The van der Waals surface area contributed by atoms with Gasteiger partial charge in [-0.25, -0.2) is 0 Å². The fraction of sp³-hybridized carbons (Fsp3) is 0.600. The summed E-state index contributed by atoms with van der Waals surface area (Å²) in [6.07, 6.45) is 7.44. The van der Waals surface area contributed by atoms with Crippen LogP contribution in [-0.2, 0) is 13.6 Å². The molecule has 20 heavy (non-hydrogen) atoms. The normalized spacial score (nSPS) is 13.1. The predicted octanol–water partition coefficient (Wildman–Crippen LogP) is 2.36. The number of hydrogen-bond donors (Lipinski definition) is 1. The molecule has 0 amide bonds. The Morgan fingerprint density at radius 3 is 2.70 bits per heavy atom. The van der Waals surface area contributed by atoms with Gasteiger partial charge in [0, 0.05) is 31.7 Å². The molecule has 2 aromatic heterocycles. The Kier molecular flexibility index (Phi) is 4.95. The molecule has 0 saturated heterocycles. The highest BCUT2D eigenvalue weighted by atomic mass is 15.4. The standard InChI is InChI=1S/C15H25N5/c1-5-7-16-15(12(2)3)13-6-8-20(9-13)11-14-10-19(4)18-17-14/h6,8-10,12,15-16H,5,7,11H2,1-4H3. The van der Waals surface area contributed by atoms with Crippen molar-refractivity contribution in [3.63, 3.8) is 0 Å². The van der Waals surface area contributed by atoms with Gasteiger partial charge in [0.1, 0.15) is 5.69 Å². The molecule has 0 bridgehead atoms. The van der Waals surface area contributed by atoms with Crippen molar-refractivity contribution in [2.45, 2.75) is 39.8 Å². The van der Waals surface area contributed by atoms with Crippen molar-refractivity contribution in [1.29, 1.82) is 0 Å². The van der Waals surface area contributed by atoms with Crippen LogP contribution in [0.1, 0.15) is 44.5 Å². The van der Waals surface area contributed by atoms with Crippen LogP contribution in [0.3, 0.4) is 0 Å². The molecule has 1 atom stereocenters. The van der Waals surface area contributed by atoms with E-state index in [1.165, 1.54) is 5.56 Å². The molecular formula is C15H25N5. The molecule has 2 heterocycles. The summed E-state index contributed by atoms with van der Waals surface area (Å²) in [5.41, 5.74) is 2.33. The summed E-state index contributed by atoms with van der Waals surface area (Å²) < 4.78 is 3.90. The van der Waals surface area contributed by atoms with Gasteiger partial charge in [-0.3, -0.25) is 4.68 Å². The summed E-state index contributed by atoms with van der Waals surface area (Å²) in [5.74, 6) is 0.578. The van der Waals surface area contributed by atoms with Gasteiger partial charge in [0.2, 0.25) is 0 Å². The number of rotatable bonds is 7. The van der Waals surface area contributed by atoms with E-state index in [0.29, 0.717) is 12.0 Å². The first-order chi connectivity index (χ1) is 9.60. The van der Waals surface area contributed by atoms with Gasteiger partial charge in [0.05, 0.1) is 6.54 Å². The Hall–Kier alpha value is -1.62. The second kappa shape index (κ2) is 6.70. The fourth-order valence-electron chi connectivity index (χ4n) is 2.43. The van der Waals surface area contributed by atoms with Crippen LogP contribution < -0.4 is 5.32 Å². The lowest BCUT2D eigenvalue weighted by molar-refractivity contribution is 0.412. The third kappa shape index (κ3) is 3.70. The number of hydrogen-bond acceptors (Lipinski definition) is 3. The third-order valence-corrected chi connectivity index (χ3v) is 3.41. The molecule has 2 rings (SSSR count). The second-order valence-corrected chi connectivity index (χ2v) is 5.68. The van der Waals surface area contributed by atoms with Crippen molar-refractivity contribution < 1.29 is 0 Å². The van der Waals surface area contributed by atoms with Gasteiger partial charge in [0.25, 0.3) is 0 Å². The Morgan fingerprint density at radius 1 is 1.30 bits per heavy atom. The topological polar surface area (TPSA) is 47.7 Å². The summed E-state index contributed by atoms with van der Waals surface area (Å²) in [5, 5.41) is 11.7. The van der Waals surface area contributed by atoms with Gasteiger partial charge in [-0.1, -0.05) is 26.0 Å². The lowest BCUT2D eigenvalue weighted by Gasteiger charge is -2.21. The van der Waals surface area contributed by atoms with Crippen LogP contribution >= 0.6 is 0 Å². The largest absolute Gasteiger partial charge is 0.348 e. The molecule has 2 aromatic rings. The average Bonchev–Trinajstić information content (AvgIpc) is 3.00. The zero-order valence-corrected chi connectivity index (χ0v) is 12.9. The van der Waals surface area contributed by atoms with Gasteiger partial charge >= 0.3 is 0 Å². The van der Waals surface area contributed by atoms with Gasteiger partial charge < -0.3 is 9.88 Å². The molecule has 1 N–H and O–H groups in total. The minimum Gasteiger partial charge on any atom is -0.348 e. The Morgan fingerprint density at radius 2 is 2.10 bits per heavy atom. The molecule has 0 aromatic carbocycles. The Labute approximate surface area is 121 Å². The zero-order valence-electron chi connectivity index (χ0n) is 12.9. The van der Waals surface area contributed by atoms with Crippen molar-refractivity contribution in [2.75, 3.05) is 6.54 Å². The summed E-state index contributed by atoms with van der Waals surface area (Å²) in [6, 6.07) is 2.61. The molecular weight excluding hydrogens is 250 g/mol. The molecule has 5 heteroatoms.